The molecule has 1 rings (SSSR count). The average Bonchev–Trinajstić information content (AvgIpc) is 2.40. The van der Waals surface area contributed by atoms with Crippen molar-refractivity contribution in [1.82, 2.24) is 14.9 Å². The topological polar surface area (TPSA) is 49.2 Å². The number of rotatable bonds is 8. The first kappa shape index (κ1) is 15.1. The number of aryl methyl sites for hydroxylation is 1. The molecule has 0 saturated heterocycles. The minimum atomic E-state index is 0.0334. The summed E-state index contributed by atoms with van der Waals surface area (Å²) >= 11 is 0. The second kappa shape index (κ2) is 8.16. The highest BCUT2D eigenvalue weighted by Crippen LogP contribution is 2.08. The van der Waals surface area contributed by atoms with Crippen molar-refractivity contribution >= 4 is 0 Å². The van der Waals surface area contributed by atoms with Crippen LogP contribution in [0.2, 0.25) is 0 Å². The number of hydrogen-bond acceptors (Lipinski definition) is 4. The largest absolute Gasteiger partial charge is 0.392 e. The van der Waals surface area contributed by atoms with Crippen LogP contribution in [0.1, 0.15) is 44.3 Å². The van der Waals surface area contributed by atoms with Gasteiger partial charge in [0, 0.05) is 30.4 Å². The number of hydrogen-bond donors (Lipinski definition) is 1. The lowest BCUT2D eigenvalue weighted by atomic mass is 10.1. The molecule has 1 aromatic heterocycles. The Morgan fingerprint density at radius 3 is 2.44 bits per heavy atom. The summed E-state index contributed by atoms with van der Waals surface area (Å²) in [6, 6.07) is 0. The highest BCUT2D eigenvalue weighted by Gasteiger charge is 2.07. The van der Waals surface area contributed by atoms with Gasteiger partial charge in [0.25, 0.3) is 0 Å². The second-order valence-electron chi connectivity index (χ2n) is 4.44. The van der Waals surface area contributed by atoms with Crippen molar-refractivity contribution in [3.63, 3.8) is 0 Å². The maximum absolute atomic E-state index is 9.24. The van der Waals surface area contributed by atoms with Gasteiger partial charge in [-0.1, -0.05) is 27.2 Å². The van der Waals surface area contributed by atoms with Crippen molar-refractivity contribution in [3.8, 4) is 0 Å². The van der Waals surface area contributed by atoms with Gasteiger partial charge < -0.3 is 10.0 Å². The van der Waals surface area contributed by atoms with E-state index in [-0.39, 0.29) is 6.61 Å². The summed E-state index contributed by atoms with van der Waals surface area (Å²) in [6.45, 7) is 9.62. The van der Waals surface area contributed by atoms with E-state index >= 15 is 0 Å². The Kier molecular flexibility index (Phi) is 6.83. The zero-order valence-corrected chi connectivity index (χ0v) is 11.8. The molecule has 1 N–H and O–H groups in total. The molecule has 0 atom stereocenters. The number of aromatic nitrogens is 2. The van der Waals surface area contributed by atoms with Gasteiger partial charge in [-0.3, -0.25) is 0 Å². The van der Waals surface area contributed by atoms with Crippen molar-refractivity contribution < 1.29 is 5.11 Å². The van der Waals surface area contributed by atoms with E-state index in [4.69, 9.17) is 0 Å². The molecule has 0 amide bonds. The Morgan fingerprint density at radius 1 is 1.17 bits per heavy atom. The summed E-state index contributed by atoms with van der Waals surface area (Å²) < 4.78 is 0. The van der Waals surface area contributed by atoms with Crippen molar-refractivity contribution in [2.24, 2.45) is 0 Å². The predicted octanol–water partition coefficient (Wildman–Crippen LogP) is 1.81. The van der Waals surface area contributed by atoms with Gasteiger partial charge in [0.1, 0.15) is 5.82 Å². The Balaban J connectivity index is 2.69. The average molecular weight is 251 g/mol. The summed E-state index contributed by atoms with van der Waals surface area (Å²) in [7, 11) is 0. The second-order valence-corrected chi connectivity index (χ2v) is 4.44. The molecule has 1 heterocycles. The van der Waals surface area contributed by atoms with E-state index in [9.17, 15) is 5.11 Å². The van der Waals surface area contributed by atoms with Crippen LogP contribution < -0.4 is 0 Å². The molecule has 0 radical (unpaired) electrons. The maximum Gasteiger partial charge on any atom is 0.129 e. The summed E-state index contributed by atoms with van der Waals surface area (Å²) in [4.78, 5) is 11.3. The van der Waals surface area contributed by atoms with Gasteiger partial charge in [0.05, 0.1) is 6.61 Å². The first-order valence-corrected chi connectivity index (χ1v) is 6.91. The predicted molar refractivity (Wildman–Crippen MR) is 73.4 cm³/mol. The number of likely N-dealkylation sites (N-methyl/N-ethyl adjacent to an activating group) is 1. The van der Waals surface area contributed by atoms with Gasteiger partial charge in [-0.25, -0.2) is 9.97 Å². The lowest BCUT2D eigenvalue weighted by Gasteiger charge is -2.17. The fraction of sp³-hybridized carbons (Fsp3) is 0.714. The number of nitrogens with zero attached hydrogens (tertiary/aromatic N) is 3. The lowest BCUT2D eigenvalue weighted by Crippen LogP contribution is -2.26. The Labute approximate surface area is 110 Å². The van der Waals surface area contributed by atoms with Crippen LogP contribution in [0.15, 0.2) is 6.20 Å². The third kappa shape index (κ3) is 4.35. The summed E-state index contributed by atoms with van der Waals surface area (Å²) in [5.74, 6) is 0.891. The molecule has 0 bridgehead atoms. The van der Waals surface area contributed by atoms with Crippen molar-refractivity contribution in [2.45, 2.75) is 46.6 Å². The molecule has 1 aromatic rings. The summed E-state index contributed by atoms with van der Waals surface area (Å²) in [6.07, 6.45) is 4.61. The van der Waals surface area contributed by atoms with E-state index in [1.165, 1.54) is 0 Å². The highest BCUT2D eigenvalue weighted by molar-refractivity contribution is 5.17. The molecule has 0 unspecified atom stereocenters. The van der Waals surface area contributed by atoms with Crippen LogP contribution >= 0.6 is 0 Å². The third-order valence-corrected chi connectivity index (χ3v) is 3.21. The van der Waals surface area contributed by atoms with Crippen LogP contribution in [0.4, 0.5) is 0 Å². The maximum atomic E-state index is 9.24. The van der Waals surface area contributed by atoms with E-state index < -0.39 is 0 Å². The third-order valence-electron chi connectivity index (χ3n) is 3.21. The molecule has 4 heteroatoms. The summed E-state index contributed by atoms with van der Waals surface area (Å²) in [5.41, 5.74) is 1.87. The van der Waals surface area contributed by atoms with E-state index in [1.807, 2.05) is 0 Å². The van der Waals surface area contributed by atoms with Crippen LogP contribution in [0.5, 0.6) is 0 Å². The van der Waals surface area contributed by atoms with Crippen LogP contribution in [0.25, 0.3) is 0 Å². The molecule has 0 aromatic carbocycles. The Bertz CT molecular complexity index is 351. The van der Waals surface area contributed by atoms with Crippen LogP contribution in [-0.2, 0) is 19.4 Å². The van der Waals surface area contributed by atoms with Crippen molar-refractivity contribution in [1.29, 1.82) is 0 Å². The van der Waals surface area contributed by atoms with Crippen LogP contribution in [-0.4, -0.2) is 39.6 Å². The van der Waals surface area contributed by atoms with Gasteiger partial charge in [-0.15, -0.1) is 0 Å². The van der Waals surface area contributed by atoms with E-state index in [0.29, 0.717) is 0 Å². The molecule has 102 valence electrons. The molecular formula is C14H25N3O. The number of aliphatic hydroxyl groups is 1. The molecule has 0 aliphatic rings. The van der Waals surface area contributed by atoms with Gasteiger partial charge in [-0.2, -0.15) is 0 Å². The van der Waals surface area contributed by atoms with Crippen molar-refractivity contribution in [2.75, 3.05) is 19.6 Å². The van der Waals surface area contributed by atoms with Crippen molar-refractivity contribution in [3.05, 3.63) is 23.3 Å². The first-order valence-electron chi connectivity index (χ1n) is 6.91. The van der Waals surface area contributed by atoms with Crippen LogP contribution in [0.3, 0.4) is 0 Å². The lowest BCUT2D eigenvalue weighted by molar-refractivity contribution is 0.279. The fourth-order valence-corrected chi connectivity index (χ4v) is 1.99. The van der Waals surface area contributed by atoms with E-state index in [1.54, 1.807) is 6.20 Å². The fourth-order valence-electron chi connectivity index (χ4n) is 1.99. The van der Waals surface area contributed by atoms with Gasteiger partial charge in [0.15, 0.2) is 0 Å². The molecule has 4 nitrogen and oxygen atoms in total. The molecule has 0 aliphatic carbocycles. The molecule has 0 fully saturated rings. The van der Waals surface area contributed by atoms with E-state index in [2.05, 4.69) is 35.6 Å². The zero-order chi connectivity index (χ0) is 13.4. The molecule has 0 aliphatic heterocycles. The Morgan fingerprint density at radius 2 is 1.89 bits per heavy atom. The quantitative estimate of drug-likeness (QED) is 0.765. The monoisotopic (exact) mass is 251 g/mol. The standard InChI is InChI=1S/C14H25N3O/c1-4-7-13-12(11-18)10-15-14(16-13)8-9-17(5-2)6-3/h10,18H,4-9,11H2,1-3H3. The van der Waals surface area contributed by atoms with Gasteiger partial charge in [-0.05, 0) is 19.5 Å². The molecule has 0 saturated carbocycles. The number of aliphatic hydroxyl groups excluding tert-OH is 1. The van der Waals surface area contributed by atoms with Gasteiger partial charge >= 0.3 is 0 Å². The zero-order valence-electron chi connectivity index (χ0n) is 11.8. The molecule has 0 spiro atoms. The minimum Gasteiger partial charge on any atom is -0.392 e. The normalized spacial score (nSPS) is 11.2. The smallest absolute Gasteiger partial charge is 0.129 e. The minimum absolute atomic E-state index is 0.0334. The molecular weight excluding hydrogens is 226 g/mol. The van der Waals surface area contributed by atoms with E-state index in [0.717, 1.165) is 56.0 Å². The first-order chi connectivity index (χ1) is 8.74. The SMILES string of the molecule is CCCc1nc(CCN(CC)CC)ncc1CO. The Hall–Kier alpha value is -1.00. The highest BCUT2D eigenvalue weighted by atomic mass is 16.3. The molecule has 18 heavy (non-hydrogen) atoms. The summed E-state index contributed by atoms with van der Waals surface area (Å²) in [5, 5.41) is 9.24. The van der Waals surface area contributed by atoms with Gasteiger partial charge in [0.2, 0.25) is 0 Å². The van der Waals surface area contributed by atoms with Crippen LogP contribution in [0, 0.1) is 0 Å².